The maximum Gasteiger partial charge on any atom is 0.213 e. The van der Waals surface area contributed by atoms with Crippen molar-refractivity contribution in [1.29, 1.82) is 0 Å². The number of fused-ring (bicyclic) bond motifs is 3. The molecule has 0 fully saturated rings. The van der Waals surface area contributed by atoms with Crippen LogP contribution in [0.3, 0.4) is 0 Å². The van der Waals surface area contributed by atoms with Gasteiger partial charge in [-0.3, -0.25) is 0 Å². The summed E-state index contributed by atoms with van der Waals surface area (Å²) in [6.45, 7) is 3.92. The highest BCUT2D eigenvalue weighted by atomic mass is 35.5. The predicted molar refractivity (Wildman–Crippen MR) is 83.9 cm³/mol. The highest BCUT2D eigenvalue weighted by Gasteiger charge is 2.26. The first-order valence-electron chi connectivity index (χ1n) is 7.18. The van der Waals surface area contributed by atoms with Crippen LogP contribution >= 0.6 is 11.6 Å². The van der Waals surface area contributed by atoms with Crippen molar-refractivity contribution in [2.75, 3.05) is 7.11 Å². The number of hydrogen-bond acceptors (Lipinski definition) is 3. The van der Waals surface area contributed by atoms with Crippen LogP contribution in [0.1, 0.15) is 31.1 Å². The van der Waals surface area contributed by atoms with Crippen LogP contribution in [-0.2, 0) is 11.2 Å². The van der Waals surface area contributed by atoms with Crippen LogP contribution < -0.4 is 4.74 Å². The van der Waals surface area contributed by atoms with Gasteiger partial charge in [0.15, 0.2) is 0 Å². The summed E-state index contributed by atoms with van der Waals surface area (Å²) >= 11 is 6.00. The van der Waals surface area contributed by atoms with Crippen LogP contribution in [0.15, 0.2) is 24.4 Å². The van der Waals surface area contributed by atoms with E-state index in [1.54, 1.807) is 18.3 Å². The average molecular weight is 322 g/mol. The molecule has 1 aliphatic heterocycles. The van der Waals surface area contributed by atoms with Crippen molar-refractivity contribution in [3.8, 4) is 17.0 Å². The fourth-order valence-corrected chi connectivity index (χ4v) is 3.09. The number of hydrogen-bond donors (Lipinski definition) is 0. The van der Waals surface area contributed by atoms with Crippen molar-refractivity contribution in [3.05, 3.63) is 46.4 Å². The zero-order valence-corrected chi connectivity index (χ0v) is 13.4. The van der Waals surface area contributed by atoms with Crippen LogP contribution in [0, 0.1) is 5.82 Å². The highest BCUT2D eigenvalue weighted by Crippen LogP contribution is 2.40. The van der Waals surface area contributed by atoms with E-state index < -0.39 is 5.82 Å². The Morgan fingerprint density at radius 2 is 2.14 bits per heavy atom. The smallest absolute Gasteiger partial charge is 0.213 e. The highest BCUT2D eigenvalue weighted by molar-refractivity contribution is 6.31. The fourth-order valence-electron chi connectivity index (χ4n) is 2.93. The van der Waals surface area contributed by atoms with Gasteiger partial charge in [-0.1, -0.05) is 17.7 Å². The van der Waals surface area contributed by atoms with Crippen LogP contribution in [0.5, 0.6) is 5.88 Å². The van der Waals surface area contributed by atoms with Gasteiger partial charge in [0.05, 0.1) is 24.3 Å². The SMILES string of the molecule is COc1cc2c(cn1)C(C)OC(C)Cc1ccc(Cl)c(F)c1-2. The fraction of sp³-hybridized carbons (Fsp3) is 0.353. The molecule has 3 nitrogen and oxygen atoms in total. The van der Waals surface area contributed by atoms with Gasteiger partial charge in [0, 0.05) is 23.4 Å². The molecule has 0 radical (unpaired) electrons. The molecule has 0 amide bonds. The predicted octanol–water partition coefficient (Wildman–Crippen LogP) is 4.57. The number of halogens is 2. The summed E-state index contributed by atoms with van der Waals surface area (Å²) in [7, 11) is 1.54. The van der Waals surface area contributed by atoms with Crippen molar-refractivity contribution in [3.63, 3.8) is 0 Å². The van der Waals surface area contributed by atoms with Crippen LogP contribution in [0.25, 0.3) is 11.1 Å². The molecule has 0 N–H and O–H groups in total. The third-order valence-corrected chi connectivity index (χ3v) is 4.24. The molecule has 2 unspecified atom stereocenters. The number of ether oxygens (including phenoxy) is 2. The largest absolute Gasteiger partial charge is 0.481 e. The molecule has 0 spiro atoms. The van der Waals surface area contributed by atoms with E-state index in [1.807, 2.05) is 19.9 Å². The average Bonchev–Trinajstić information content (AvgIpc) is 2.49. The van der Waals surface area contributed by atoms with Gasteiger partial charge in [-0.05, 0) is 37.5 Å². The van der Waals surface area contributed by atoms with Crippen molar-refractivity contribution in [1.82, 2.24) is 4.98 Å². The zero-order valence-electron chi connectivity index (χ0n) is 12.7. The molecule has 0 saturated heterocycles. The van der Waals surface area contributed by atoms with E-state index in [-0.39, 0.29) is 17.2 Å². The molecule has 3 rings (SSSR count). The second kappa shape index (κ2) is 5.86. The number of benzene rings is 1. The van der Waals surface area contributed by atoms with Gasteiger partial charge in [-0.2, -0.15) is 0 Å². The second-order valence-corrected chi connectivity index (χ2v) is 5.91. The first kappa shape index (κ1) is 15.3. The van der Waals surface area contributed by atoms with E-state index in [1.165, 1.54) is 7.11 Å². The summed E-state index contributed by atoms with van der Waals surface area (Å²) in [4.78, 5) is 4.23. The quantitative estimate of drug-likeness (QED) is 0.771. The van der Waals surface area contributed by atoms with E-state index in [0.29, 0.717) is 17.9 Å². The van der Waals surface area contributed by atoms with Gasteiger partial charge >= 0.3 is 0 Å². The lowest BCUT2D eigenvalue weighted by Gasteiger charge is -2.27. The summed E-state index contributed by atoms with van der Waals surface area (Å²) in [5, 5.41) is 0.113. The van der Waals surface area contributed by atoms with Crippen LogP contribution in [0.4, 0.5) is 4.39 Å². The molecule has 22 heavy (non-hydrogen) atoms. The Labute approximate surface area is 134 Å². The Morgan fingerprint density at radius 1 is 1.36 bits per heavy atom. The van der Waals surface area contributed by atoms with E-state index in [4.69, 9.17) is 21.1 Å². The molecule has 1 aromatic heterocycles. The third kappa shape index (κ3) is 2.57. The Kier molecular flexibility index (Phi) is 4.06. The lowest BCUT2D eigenvalue weighted by Crippen LogP contribution is -2.19. The summed E-state index contributed by atoms with van der Waals surface area (Å²) in [5.74, 6) is 0.0277. The zero-order chi connectivity index (χ0) is 15.9. The summed E-state index contributed by atoms with van der Waals surface area (Å²) in [6.07, 6.45) is 2.10. The van der Waals surface area contributed by atoms with Gasteiger partial charge in [0.25, 0.3) is 0 Å². The minimum atomic E-state index is -0.407. The lowest BCUT2D eigenvalue weighted by atomic mass is 9.90. The molecular weight excluding hydrogens is 305 g/mol. The van der Waals surface area contributed by atoms with E-state index >= 15 is 0 Å². The number of rotatable bonds is 1. The second-order valence-electron chi connectivity index (χ2n) is 5.50. The van der Waals surface area contributed by atoms with Crippen molar-refractivity contribution >= 4 is 11.6 Å². The minimum absolute atomic E-state index is 0.0235. The van der Waals surface area contributed by atoms with E-state index in [2.05, 4.69) is 4.98 Å². The topological polar surface area (TPSA) is 31.4 Å². The Balaban J connectivity index is 2.33. The Bertz CT molecular complexity index is 720. The van der Waals surface area contributed by atoms with Crippen molar-refractivity contribution < 1.29 is 13.9 Å². The van der Waals surface area contributed by atoms with Crippen LogP contribution in [0.2, 0.25) is 5.02 Å². The molecule has 0 saturated carbocycles. The minimum Gasteiger partial charge on any atom is -0.481 e. The first-order valence-corrected chi connectivity index (χ1v) is 7.55. The van der Waals surface area contributed by atoms with Gasteiger partial charge in [-0.25, -0.2) is 9.37 Å². The monoisotopic (exact) mass is 321 g/mol. The van der Waals surface area contributed by atoms with Crippen LogP contribution in [-0.4, -0.2) is 18.2 Å². The summed E-state index contributed by atoms with van der Waals surface area (Å²) in [6, 6.07) is 5.18. The summed E-state index contributed by atoms with van der Waals surface area (Å²) in [5.41, 5.74) is 2.94. The molecule has 1 aromatic carbocycles. The van der Waals surface area contributed by atoms with Gasteiger partial charge in [0.1, 0.15) is 5.82 Å². The van der Waals surface area contributed by atoms with E-state index in [9.17, 15) is 4.39 Å². The number of methoxy groups -OCH3 is 1. The lowest BCUT2D eigenvalue weighted by molar-refractivity contribution is 0.00693. The molecular formula is C17H17ClFNO2. The molecule has 116 valence electrons. The molecule has 2 heterocycles. The molecule has 5 heteroatoms. The Morgan fingerprint density at radius 3 is 2.86 bits per heavy atom. The van der Waals surface area contributed by atoms with Crippen molar-refractivity contribution in [2.45, 2.75) is 32.5 Å². The molecule has 2 aromatic rings. The molecule has 1 aliphatic rings. The Hall–Kier alpha value is -1.65. The maximum absolute atomic E-state index is 14.7. The number of nitrogens with zero attached hydrogens (tertiary/aromatic N) is 1. The van der Waals surface area contributed by atoms with Gasteiger partial charge in [-0.15, -0.1) is 0 Å². The maximum atomic E-state index is 14.7. The standard InChI is InChI=1S/C17H17ClFNO2/c1-9-6-11-4-5-14(18)17(19)16(11)12-7-15(21-3)20-8-13(12)10(2)22-9/h4-5,7-10H,6H2,1-3H3. The normalized spacial score (nSPS) is 20.6. The number of pyridine rings is 1. The third-order valence-electron chi connectivity index (χ3n) is 3.95. The molecule has 0 aliphatic carbocycles. The van der Waals surface area contributed by atoms with Gasteiger partial charge < -0.3 is 9.47 Å². The van der Waals surface area contributed by atoms with E-state index in [0.717, 1.165) is 16.7 Å². The number of aromatic nitrogens is 1. The molecule has 2 atom stereocenters. The first-order chi connectivity index (χ1) is 10.5. The molecule has 0 bridgehead atoms. The summed E-state index contributed by atoms with van der Waals surface area (Å²) < 4.78 is 25.9. The van der Waals surface area contributed by atoms with Gasteiger partial charge in [0.2, 0.25) is 5.88 Å². The van der Waals surface area contributed by atoms with Crippen molar-refractivity contribution in [2.24, 2.45) is 0 Å².